The SMILES string of the molecule is CC1(C)[C@H](C(=O)O)N2C(=O)[C@@H](CNS(=O)(=O)C(F)(F)F)[C@H]2S1(=O)=O. The summed E-state index contributed by atoms with van der Waals surface area (Å²) in [5.41, 5.74) is -5.61. The summed E-state index contributed by atoms with van der Waals surface area (Å²) in [5.74, 6) is -4.23. The molecule has 9 nitrogen and oxygen atoms in total. The van der Waals surface area contributed by atoms with Gasteiger partial charge in [0, 0.05) is 6.54 Å². The number of aliphatic carboxylic acids is 1. The van der Waals surface area contributed by atoms with E-state index in [0.717, 1.165) is 18.6 Å². The Morgan fingerprint density at radius 1 is 1.38 bits per heavy atom. The lowest BCUT2D eigenvalue weighted by atomic mass is 9.92. The van der Waals surface area contributed by atoms with Crippen molar-refractivity contribution < 1.29 is 44.7 Å². The molecule has 2 N–H and O–H groups in total. The normalized spacial score (nSPS) is 31.5. The van der Waals surface area contributed by atoms with Gasteiger partial charge in [0.05, 0.1) is 10.7 Å². The van der Waals surface area contributed by atoms with Crippen LogP contribution in [0.4, 0.5) is 13.2 Å². The van der Waals surface area contributed by atoms with Crippen LogP contribution >= 0.6 is 0 Å². The van der Waals surface area contributed by atoms with Crippen molar-refractivity contribution in [2.45, 2.75) is 35.5 Å². The molecule has 0 saturated carbocycles. The maximum Gasteiger partial charge on any atom is 0.511 e. The molecule has 2 aliphatic heterocycles. The lowest BCUT2D eigenvalue weighted by Crippen LogP contribution is -2.66. The first-order valence-electron chi connectivity index (χ1n) is 6.41. The molecule has 0 spiro atoms. The van der Waals surface area contributed by atoms with Crippen LogP contribution in [-0.4, -0.2) is 66.9 Å². The Kier molecular flexibility index (Phi) is 3.98. The first-order chi connectivity index (χ1) is 10.6. The van der Waals surface area contributed by atoms with Crippen LogP contribution in [0.2, 0.25) is 0 Å². The average Bonchev–Trinajstić information content (AvgIpc) is 2.51. The molecule has 138 valence electrons. The highest BCUT2D eigenvalue weighted by Crippen LogP contribution is 2.48. The Morgan fingerprint density at radius 3 is 2.29 bits per heavy atom. The molecule has 2 saturated heterocycles. The zero-order valence-electron chi connectivity index (χ0n) is 12.2. The van der Waals surface area contributed by atoms with E-state index in [1.54, 1.807) is 0 Å². The number of carbonyl (C=O) groups excluding carboxylic acids is 1. The lowest BCUT2D eigenvalue weighted by Gasteiger charge is -2.42. The predicted octanol–water partition coefficient (Wildman–Crippen LogP) is -1.13. The van der Waals surface area contributed by atoms with E-state index in [4.69, 9.17) is 5.11 Å². The Balaban J connectivity index is 2.31. The number of rotatable bonds is 4. The van der Waals surface area contributed by atoms with Crippen molar-refractivity contribution >= 4 is 31.7 Å². The summed E-state index contributed by atoms with van der Waals surface area (Å²) in [5, 5.41) is 7.47. The van der Waals surface area contributed by atoms with Gasteiger partial charge in [-0.15, -0.1) is 0 Å². The van der Waals surface area contributed by atoms with E-state index < -0.39 is 65.9 Å². The third-order valence-electron chi connectivity index (χ3n) is 4.21. The second kappa shape index (κ2) is 5.05. The number of nitrogens with zero attached hydrogens (tertiary/aromatic N) is 1. The van der Waals surface area contributed by atoms with Gasteiger partial charge in [-0.1, -0.05) is 0 Å². The van der Waals surface area contributed by atoms with Gasteiger partial charge in [-0.2, -0.15) is 13.2 Å². The van der Waals surface area contributed by atoms with Gasteiger partial charge in [-0.3, -0.25) is 4.79 Å². The maximum atomic E-state index is 12.4. The van der Waals surface area contributed by atoms with Crippen LogP contribution in [0.5, 0.6) is 0 Å². The summed E-state index contributed by atoms with van der Waals surface area (Å²) in [7, 11) is -9.99. The van der Waals surface area contributed by atoms with Crippen molar-refractivity contribution in [1.29, 1.82) is 0 Å². The molecule has 0 aliphatic carbocycles. The molecule has 2 fully saturated rings. The number of alkyl halides is 3. The van der Waals surface area contributed by atoms with Crippen LogP contribution in [0.25, 0.3) is 0 Å². The molecule has 0 aromatic carbocycles. The molecule has 0 bridgehead atoms. The Bertz CT molecular complexity index is 803. The van der Waals surface area contributed by atoms with Crippen molar-refractivity contribution in [3.05, 3.63) is 0 Å². The molecule has 2 heterocycles. The number of amides is 1. The van der Waals surface area contributed by atoms with Gasteiger partial charge in [0.25, 0.3) is 0 Å². The molecule has 0 aromatic rings. The Morgan fingerprint density at radius 2 is 1.88 bits per heavy atom. The van der Waals surface area contributed by atoms with Crippen LogP contribution in [0.15, 0.2) is 0 Å². The van der Waals surface area contributed by atoms with E-state index in [1.807, 2.05) is 0 Å². The summed E-state index contributed by atoms with van der Waals surface area (Å²) >= 11 is 0. The number of nitrogens with one attached hydrogen (secondary N) is 1. The van der Waals surface area contributed by atoms with E-state index in [9.17, 15) is 39.6 Å². The van der Waals surface area contributed by atoms with Crippen molar-refractivity contribution in [2.75, 3.05) is 6.54 Å². The topological polar surface area (TPSA) is 138 Å². The van der Waals surface area contributed by atoms with E-state index >= 15 is 0 Å². The summed E-state index contributed by atoms with van der Waals surface area (Å²) in [6.45, 7) is 1.08. The molecule has 1 amide bonds. The van der Waals surface area contributed by atoms with Crippen LogP contribution in [0, 0.1) is 5.92 Å². The molecule has 24 heavy (non-hydrogen) atoms. The molecule has 14 heteroatoms. The number of sulfone groups is 1. The van der Waals surface area contributed by atoms with Crippen molar-refractivity contribution in [1.82, 2.24) is 9.62 Å². The first-order valence-corrected chi connectivity index (χ1v) is 9.44. The second-order valence-electron chi connectivity index (χ2n) is 5.93. The third kappa shape index (κ3) is 2.30. The molecule has 0 radical (unpaired) electrons. The van der Waals surface area contributed by atoms with Crippen molar-refractivity contribution in [3.63, 3.8) is 0 Å². The van der Waals surface area contributed by atoms with Crippen LogP contribution < -0.4 is 4.72 Å². The number of hydrogen-bond donors (Lipinski definition) is 2. The second-order valence-corrected chi connectivity index (χ2v) is 10.3. The van der Waals surface area contributed by atoms with E-state index in [-0.39, 0.29) is 0 Å². The minimum Gasteiger partial charge on any atom is -0.480 e. The fourth-order valence-corrected chi connectivity index (χ4v) is 5.76. The number of halogens is 3. The monoisotopic (exact) mass is 394 g/mol. The maximum absolute atomic E-state index is 12.4. The highest BCUT2D eigenvalue weighted by molar-refractivity contribution is 7.94. The van der Waals surface area contributed by atoms with E-state index in [0.29, 0.717) is 4.90 Å². The smallest absolute Gasteiger partial charge is 0.480 e. The van der Waals surface area contributed by atoms with Gasteiger partial charge in [0.1, 0.15) is 11.4 Å². The Hall–Kier alpha value is -1.41. The van der Waals surface area contributed by atoms with E-state index in [2.05, 4.69) is 0 Å². The third-order valence-corrected chi connectivity index (χ3v) is 8.25. The van der Waals surface area contributed by atoms with Gasteiger partial charge < -0.3 is 10.0 Å². The molecule has 0 aromatic heterocycles. The van der Waals surface area contributed by atoms with Gasteiger partial charge in [-0.25, -0.2) is 26.4 Å². The van der Waals surface area contributed by atoms with Gasteiger partial charge in [0.15, 0.2) is 9.84 Å². The number of sulfonamides is 1. The molecule has 0 unspecified atom stereocenters. The molecule has 2 rings (SSSR count). The van der Waals surface area contributed by atoms with Crippen molar-refractivity contribution in [3.8, 4) is 0 Å². The minimum absolute atomic E-state index is 0.560. The molecular formula is C10H13F3N2O7S2. The minimum atomic E-state index is -5.75. The summed E-state index contributed by atoms with van der Waals surface area (Å²) in [4.78, 5) is 23.8. The van der Waals surface area contributed by atoms with E-state index in [1.165, 1.54) is 0 Å². The summed E-state index contributed by atoms with van der Waals surface area (Å²) in [6.07, 6.45) is 0. The highest BCUT2D eigenvalue weighted by Gasteiger charge is 2.72. The highest BCUT2D eigenvalue weighted by atomic mass is 32.2. The summed E-state index contributed by atoms with van der Waals surface area (Å²) in [6, 6.07) is -1.70. The largest absolute Gasteiger partial charge is 0.511 e. The van der Waals surface area contributed by atoms with Gasteiger partial charge >= 0.3 is 21.5 Å². The predicted molar refractivity (Wildman–Crippen MR) is 71.5 cm³/mol. The number of carboxylic acid groups (broad SMARTS) is 1. The van der Waals surface area contributed by atoms with Crippen LogP contribution in [-0.2, 0) is 29.4 Å². The Labute approximate surface area is 134 Å². The number of hydrogen-bond acceptors (Lipinski definition) is 6. The van der Waals surface area contributed by atoms with Gasteiger partial charge in [0.2, 0.25) is 5.91 Å². The number of fused-ring (bicyclic) bond motifs is 1. The van der Waals surface area contributed by atoms with Crippen LogP contribution in [0.3, 0.4) is 0 Å². The van der Waals surface area contributed by atoms with Crippen molar-refractivity contribution in [2.24, 2.45) is 5.92 Å². The quantitative estimate of drug-likeness (QED) is 0.576. The fraction of sp³-hybridized carbons (Fsp3) is 0.800. The zero-order chi connectivity index (χ0) is 18.9. The van der Waals surface area contributed by atoms with Crippen LogP contribution in [0.1, 0.15) is 13.8 Å². The molecular weight excluding hydrogens is 381 g/mol. The number of β-lactam (4-membered cyclic amide) rings is 1. The molecule has 3 atom stereocenters. The first kappa shape index (κ1) is 18.9. The summed E-state index contributed by atoms with van der Waals surface area (Å²) < 4.78 is 82.8. The van der Waals surface area contributed by atoms with Gasteiger partial charge in [-0.05, 0) is 13.8 Å². The zero-order valence-corrected chi connectivity index (χ0v) is 13.9. The standard InChI is InChI=1S/C10H13F3N2O7S2/c1-9(2)5(8(17)18)15-6(16)4(7(15)23(9,19)20)3-14-24(21,22)10(11,12)13/h4-5,7,14H,3H2,1-2H3,(H,17,18)/t4-,5+,7-/m1/s1. The lowest BCUT2D eigenvalue weighted by molar-refractivity contribution is -0.163. The number of carboxylic acids is 1. The fourth-order valence-electron chi connectivity index (χ4n) is 2.88. The number of carbonyl (C=O) groups is 2. The average molecular weight is 394 g/mol. The molecule has 2 aliphatic rings.